The summed E-state index contributed by atoms with van der Waals surface area (Å²) in [5, 5.41) is 0.809. The summed E-state index contributed by atoms with van der Waals surface area (Å²) in [6.45, 7) is 1.89. The lowest BCUT2D eigenvalue weighted by atomic mass is 10.1. The van der Waals surface area contributed by atoms with Crippen molar-refractivity contribution in [1.82, 2.24) is 4.90 Å². The maximum absolute atomic E-state index is 12.4. The molecule has 0 saturated heterocycles. The molecule has 0 bridgehead atoms. The van der Waals surface area contributed by atoms with E-state index in [0.717, 1.165) is 5.39 Å². The van der Waals surface area contributed by atoms with Gasteiger partial charge in [-0.05, 0) is 13.0 Å². The zero-order chi connectivity index (χ0) is 14.0. The van der Waals surface area contributed by atoms with Gasteiger partial charge in [0.15, 0.2) is 0 Å². The second-order valence-electron chi connectivity index (χ2n) is 4.65. The van der Waals surface area contributed by atoms with Crippen molar-refractivity contribution in [3.05, 3.63) is 36.1 Å². The summed E-state index contributed by atoms with van der Waals surface area (Å²) in [6, 6.07) is 7.36. The molecule has 0 radical (unpaired) electrons. The second-order valence-corrected chi connectivity index (χ2v) is 6.13. The van der Waals surface area contributed by atoms with Crippen molar-refractivity contribution in [2.75, 3.05) is 19.1 Å². The van der Waals surface area contributed by atoms with Crippen LogP contribution in [-0.4, -0.2) is 40.1 Å². The normalized spacial score (nSPS) is 14.3. The van der Waals surface area contributed by atoms with Gasteiger partial charge in [0.2, 0.25) is 0 Å². The van der Waals surface area contributed by atoms with Crippen LogP contribution in [0.1, 0.15) is 17.3 Å². The molecule has 1 aromatic carbocycles. The van der Waals surface area contributed by atoms with E-state index in [1.54, 1.807) is 18.2 Å². The number of amides is 1. The van der Waals surface area contributed by atoms with Crippen LogP contribution in [-0.2, 0) is 10.8 Å². The first-order valence-corrected chi connectivity index (χ1v) is 7.77. The van der Waals surface area contributed by atoms with Crippen LogP contribution in [0.4, 0.5) is 0 Å². The van der Waals surface area contributed by atoms with E-state index in [4.69, 9.17) is 4.42 Å². The van der Waals surface area contributed by atoms with Crippen molar-refractivity contribution in [1.29, 1.82) is 0 Å². The minimum absolute atomic E-state index is 0.0769. The standard InChI is InChI=1S/C14H17NO3S/c1-10(9-19(3)17)15(2)14(16)12-8-18-13-7-5-4-6-11(12)13/h4-8,10H,9H2,1-3H3/t10-,19-/m1/s1. The summed E-state index contributed by atoms with van der Waals surface area (Å²) in [7, 11) is 0.800. The fourth-order valence-electron chi connectivity index (χ4n) is 1.99. The monoisotopic (exact) mass is 279 g/mol. The average Bonchev–Trinajstić information content (AvgIpc) is 2.80. The molecule has 19 heavy (non-hydrogen) atoms. The number of hydrogen-bond donors (Lipinski definition) is 0. The van der Waals surface area contributed by atoms with E-state index in [2.05, 4.69) is 0 Å². The Morgan fingerprint density at radius 3 is 2.79 bits per heavy atom. The molecular formula is C14H17NO3S. The molecule has 1 heterocycles. The van der Waals surface area contributed by atoms with Crippen molar-refractivity contribution < 1.29 is 13.4 Å². The second kappa shape index (κ2) is 5.57. The van der Waals surface area contributed by atoms with Gasteiger partial charge in [0.25, 0.3) is 5.91 Å². The van der Waals surface area contributed by atoms with Gasteiger partial charge in [0, 0.05) is 41.3 Å². The lowest BCUT2D eigenvalue weighted by molar-refractivity contribution is 0.0758. The molecule has 5 heteroatoms. The van der Waals surface area contributed by atoms with Crippen LogP contribution in [0.15, 0.2) is 34.9 Å². The highest BCUT2D eigenvalue weighted by Crippen LogP contribution is 2.22. The zero-order valence-corrected chi connectivity index (χ0v) is 12.1. The lowest BCUT2D eigenvalue weighted by Crippen LogP contribution is -2.38. The first kappa shape index (κ1) is 13.8. The van der Waals surface area contributed by atoms with Gasteiger partial charge in [-0.25, -0.2) is 0 Å². The number of para-hydroxylation sites is 1. The maximum Gasteiger partial charge on any atom is 0.257 e. The number of hydrogen-bond acceptors (Lipinski definition) is 3. The third-order valence-corrected chi connectivity index (χ3v) is 4.12. The molecule has 2 rings (SSSR count). The largest absolute Gasteiger partial charge is 0.463 e. The molecule has 0 unspecified atom stereocenters. The Bertz CT molecular complexity index is 620. The van der Waals surface area contributed by atoms with Crippen LogP contribution in [0.3, 0.4) is 0 Å². The predicted octanol–water partition coefficient (Wildman–Crippen LogP) is 2.27. The van der Waals surface area contributed by atoms with Crippen LogP contribution < -0.4 is 0 Å². The highest BCUT2D eigenvalue weighted by Gasteiger charge is 2.21. The van der Waals surface area contributed by atoms with Gasteiger partial charge in [-0.1, -0.05) is 18.2 Å². The van der Waals surface area contributed by atoms with Crippen LogP contribution in [0, 0.1) is 0 Å². The van der Waals surface area contributed by atoms with Gasteiger partial charge < -0.3 is 9.32 Å². The van der Waals surface area contributed by atoms with Gasteiger partial charge in [-0.3, -0.25) is 9.00 Å². The van der Waals surface area contributed by atoms with Gasteiger partial charge in [0.05, 0.1) is 5.56 Å². The highest BCUT2D eigenvalue weighted by molar-refractivity contribution is 7.84. The molecular weight excluding hydrogens is 262 g/mol. The molecule has 0 spiro atoms. The number of furan rings is 1. The van der Waals surface area contributed by atoms with E-state index < -0.39 is 10.8 Å². The van der Waals surface area contributed by atoms with E-state index in [9.17, 15) is 9.00 Å². The first-order valence-electron chi connectivity index (χ1n) is 6.04. The van der Waals surface area contributed by atoms with Gasteiger partial charge in [0.1, 0.15) is 11.8 Å². The van der Waals surface area contributed by atoms with Gasteiger partial charge in [-0.15, -0.1) is 0 Å². The Morgan fingerprint density at radius 1 is 1.42 bits per heavy atom. The van der Waals surface area contributed by atoms with Crippen molar-refractivity contribution in [3.8, 4) is 0 Å². The zero-order valence-electron chi connectivity index (χ0n) is 11.3. The smallest absolute Gasteiger partial charge is 0.257 e. The summed E-state index contributed by atoms with van der Waals surface area (Å²) in [6.07, 6.45) is 3.13. The van der Waals surface area contributed by atoms with E-state index in [0.29, 0.717) is 16.9 Å². The number of carbonyl (C=O) groups is 1. The van der Waals surface area contributed by atoms with E-state index >= 15 is 0 Å². The van der Waals surface area contributed by atoms with Crippen LogP contribution in [0.5, 0.6) is 0 Å². The molecule has 2 aromatic rings. The molecule has 0 aliphatic heterocycles. The number of nitrogens with zero attached hydrogens (tertiary/aromatic N) is 1. The molecule has 4 nitrogen and oxygen atoms in total. The molecule has 0 saturated carbocycles. The Hall–Kier alpha value is -1.62. The molecule has 0 aliphatic rings. The fraction of sp³-hybridized carbons (Fsp3) is 0.357. The Morgan fingerprint density at radius 2 is 2.11 bits per heavy atom. The van der Waals surface area contributed by atoms with E-state index in [1.807, 2.05) is 31.2 Å². The van der Waals surface area contributed by atoms with Crippen molar-refractivity contribution in [3.63, 3.8) is 0 Å². The molecule has 0 fully saturated rings. The number of benzene rings is 1. The number of rotatable bonds is 4. The highest BCUT2D eigenvalue weighted by atomic mass is 32.2. The molecule has 1 amide bonds. The third-order valence-electron chi connectivity index (χ3n) is 3.17. The Labute approximate surface area is 114 Å². The molecule has 0 aliphatic carbocycles. The quantitative estimate of drug-likeness (QED) is 0.862. The lowest BCUT2D eigenvalue weighted by Gasteiger charge is -2.23. The summed E-state index contributed by atoms with van der Waals surface area (Å²) < 4.78 is 16.6. The van der Waals surface area contributed by atoms with Gasteiger partial charge >= 0.3 is 0 Å². The minimum atomic E-state index is -0.924. The molecule has 0 N–H and O–H groups in total. The topological polar surface area (TPSA) is 50.5 Å². The summed E-state index contributed by atoms with van der Waals surface area (Å²) in [4.78, 5) is 14.0. The molecule has 102 valence electrons. The van der Waals surface area contributed by atoms with E-state index in [-0.39, 0.29) is 11.9 Å². The van der Waals surface area contributed by atoms with Crippen molar-refractivity contribution >= 4 is 27.7 Å². The van der Waals surface area contributed by atoms with Gasteiger partial charge in [-0.2, -0.15) is 0 Å². The van der Waals surface area contributed by atoms with Crippen molar-refractivity contribution in [2.45, 2.75) is 13.0 Å². The van der Waals surface area contributed by atoms with Crippen LogP contribution in [0.25, 0.3) is 11.0 Å². The summed E-state index contributed by atoms with van der Waals surface area (Å²) >= 11 is 0. The average molecular weight is 279 g/mol. The Balaban J connectivity index is 2.26. The first-order chi connectivity index (χ1) is 9.00. The maximum atomic E-state index is 12.4. The fourth-order valence-corrected chi connectivity index (χ4v) is 2.89. The van der Waals surface area contributed by atoms with Crippen molar-refractivity contribution in [2.24, 2.45) is 0 Å². The van der Waals surface area contributed by atoms with Crippen LogP contribution >= 0.6 is 0 Å². The summed E-state index contributed by atoms with van der Waals surface area (Å²) in [5.41, 5.74) is 1.25. The molecule has 2 atom stereocenters. The Kier molecular flexibility index (Phi) is 4.04. The summed E-state index contributed by atoms with van der Waals surface area (Å²) in [5.74, 6) is 0.362. The SMILES string of the molecule is C[C@H](C[S@@](C)=O)N(C)C(=O)c1coc2ccccc12. The third kappa shape index (κ3) is 2.87. The van der Waals surface area contributed by atoms with E-state index in [1.165, 1.54) is 6.26 Å². The number of fused-ring (bicyclic) bond motifs is 1. The minimum Gasteiger partial charge on any atom is -0.463 e. The van der Waals surface area contributed by atoms with Crippen LogP contribution in [0.2, 0.25) is 0 Å². The number of carbonyl (C=O) groups excluding carboxylic acids is 1. The molecule has 1 aromatic heterocycles. The predicted molar refractivity (Wildman–Crippen MR) is 76.7 cm³/mol.